The second kappa shape index (κ2) is 5.92. The van der Waals surface area contributed by atoms with Gasteiger partial charge in [0.05, 0.1) is 9.79 Å². The summed E-state index contributed by atoms with van der Waals surface area (Å²) in [5, 5.41) is -1.72. The van der Waals surface area contributed by atoms with E-state index in [1.54, 1.807) is 0 Å². The Kier molecular flexibility index (Phi) is 4.71. The summed E-state index contributed by atoms with van der Waals surface area (Å²) < 4.78 is 128. The summed E-state index contributed by atoms with van der Waals surface area (Å²) in [6.45, 7) is 0. The molecule has 16 heteroatoms. The maximum atomic E-state index is 11.5. The van der Waals surface area contributed by atoms with E-state index in [4.69, 9.17) is 9.11 Å². The van der Waals surface area contributed by atoms with Crippen LogP contribution < -0.4 is 0 Å². The van der Waals surface area contributed by atoms with Crippen LogP contribution in [-0.2, 0) is 40.5 Å². The van der Waals surface area contributed by atoms with Crippen molar-refractivity contribution in [1.29, 1.82) is 0 Å². The van der Waals surface area contributed by atoms with E-state index in [-0.39, 0.29) is 12.1 Å². The van der Waals surface area contributed by atoms with Gasteiger partial charge in [-0.15, -0.1) is 0 Å². The fourth-order valence-corrected chi connectivity index (χ4v) is 4.73. The molecule has 0 unspecified atom stereocenters. The number of benzene rings is 2. The van der Waals surface area contributed by atoms with Crippen LogP contribution in [0, 0.1) is 0 Å². The van der Waals surface area contributed by atoms with Crippen molar-refractivity contribution >= 4 is 51.2 Å². The molecule has 0 saturated carbocycles. The third kappa shape index (κ3) is 4.01. The van der Waals surface area contributed by atoms with E-state index in [0.29, 0.717) is 12.1 Å². The van der Waals surface area contributed by atoms with Crippen molar-refractivity contribution < 1.29 is 51.9 Å². The maximum absolute atomic E-state index is 11.5. The Labute approximate surface area is 147 Å². The van der Waals surface area contributed by atoms with Gasteiger partial charge < -0.3 is 0 Å². The normalized spacial score (nSPS) is 13.8. The van der Waals surface area contributed by atoms with E-state index in [0.717, 1.165) is 0 Å². The first-order valence-corrected chi connectivity index (χ1v) is 11.7. The van der Waals surface area contributed by atoms with Gasteiger partial charge in [0.15, 0.2) is 0 Å². The summed E-state index contributed by atoms with van der Waals surface area (Å²) in [6, 6.07) is 1.32. The van der Waals surface area contributed by atoms with Crippen LogP contribution in [0.3, 0.4) is 0 Å². The maximum Gasteiger partial charge on any atom is 0.295 e. The quantitative estimate of drug-likeness (QED) is 0.448. The van der Waals surface area contributed by atoms with Crippen molar-refractivity contribution in [2.75, 3.05) is 0 Å². The highest BCUT2D eigenvalue weighted by Gasteiger charge is 2.27. The molecule has 2 rings (SSSR count). The van der Waals surface area contributed by atoms with E-state index in [1.807, 2.05) is 0 Å². The zero-order valence-electron chi connectivity index (χ0n) is 12.0. The van der Waals surface area contributed by atoms with Gasteiger partial charge in [-0.05, 0) is 24.3 Å². The predicted molar refractivity (Wildman–Crippen MR) is 83.2 cm³/mol. The Morgan fingerprint density at radius 1 is 0.462 bits per heavy atom. The van der Waals surface area contributed by atoms with Crippen LogP contribution in [0.2, 0.25) is 0 Å². The largest absolute Gasteiger partial charge is 0.295 e. The van der Waals surface area contributed by atoms with Gasteiger partial charge in [0.2, 0.25) is 0 Å². The lowest BCUT2D eigenvalue weighted by Gasteiger charge is -2.11. The average molecular weight is 448 g/mol. The van der Waals surface area contributed by atoms with Gasteiger partial charge in [-0.1, -0.05) is 0 Å². The number of hydrogen-bond acceptors (Lipinski definition) is 8. The number of fused-ring (bicyclic) bond motifs is 1. The summed E-state index contributed by atoms with van der Waals surface area (Å²) in [5.74, 6) is 0. The van der Waals surface area contributed by atoms with E-state index in [2.05, 4.69) is 0 Å². The van der Waals surface area contributed by atoms with Crippen LogP contribution in [-0.4, -0.2) is 51.9 Å². The highest BCUT2D eigenvalue weighted by Crippen LogP contribution is 2.34. The fourth-order valence-electron chi connectivity index (χ4n) is 2.07. The van der Waals surface area contributed by atoms with Gasteiger partial charge in [-0.3, -0.25) is 18.2 Å². The molecular weight excluding hydrogens is 440 g/mol. The Morgan fingerprint density at radius 3 is 0.923 bits per heavy atom. The molecule has 2 aromatic carbocycles. The van der Waals surface area contributed by atoms with Gasteiger partial charge in [0.25, 0.3) is 40.5 Å². The average Bonchev–Trinajstić information content (AvgIpc) is 2.40. The van der Waals surface area contributed by atoms with Crippen molar-refractivity contribution in [2.24, 2.45) is 0 Å². The van der Waals surface area contributed by atoms with Crippen LogP contribution >= 0.6 is 0 Å². The molecule has 0 radical (unpaired) electrons. The van der Waals surface area contributed by atoms with Crippen LogP contribution in [0.4, 0.5) is 0 Å². The highest BCUT2D eigenvalue weighted by molar-refractivity contribution is 7.87. The molecule has 144 valence electrons. The molecule has 0 aliphatic heterocycles. The molecule has 0 fully saturated rings. The standard InChI is InChI=1S/C10H8O12S4/c11-23(12,13)5-1-7-8(10(3-5)26(20,21)22)2-6(24(14,15)16)4-9(7)25(17,18)19/h1-4H,(H,11,12,13)(H,14,15,16)(H,17,18,19)(H,20,21,22). The van der Waals surface area contributed by atoms with Crippen molar-refractivity contribution in [2.45, 2.75) is 19.6 Å². The first kappa shape index (κ1) is 20.6. The van der Waals surface area contributed by atoms with Gasteiger partial charge in [0.1, 0.15) is 9.79 Å². The molecule has 0 atom stereocenters. The molecule has 0 spiro atoms. The van der Waals surface area contributed by atoms with Gasteiger partial charge in [-0.2, -0.15) is 33.7 Å². The Bertz CT molecular complexity index is 1240. The summed E-state index contributed by atoms with van der Waals surface area (Å²) in [4.78, 5) is -4.92. The van der Waals surface area contributed by atoms with Crippen molar-refractivity contribution in [3.05, 3.63) is 24.3 Å². The van der Waals surface area contributed by atoms with Crippen molar-refractivity contribution in [3.8, 4) is 0 Å². The Morgan fingerprint density at radius 2 is 0.731 bits per heavy atom. The summed E-state index contributed by atoms with van der Waals surface area (Å²) in [7, 11) is -20.7. The lowest BCUT2D eigenvalue weighted by molar-refractivity contribution is 0.475. The molecule has 0 amide bonds. The second-order valence-electron chi connectivity index (χ2n) is 4.84. The zero-order valence-corrected chi connectivity index (χ0v) is 15.3. The van der Waals surface area contributed by atoms with Gasteiger partial charge in [0, 0.05) is 10.8 Å². The molecule has 0 bridgehead atoms. The minimum atomic E-state index is -5.27. The molecule has 0 aromatic heterocycles. The van der Waals surface area contributed by atoms with E-state index in [9.17, 15) is 42.8 Å². The smallest absolute Gasteiger partial charge is 0.282 e. The summed E-state index contributed by atoms with van der Waals surface area (Å²) in [5.41, 5.74) is 0. The van der Waals surface area contributed by atoms with E-state index in [1.165, 1.54) is 0 Å². The Balaban J connectivity index is 3.31. The predicted octanol–water partition coefficient (Wildman–Crippen LogP) is -0.173. The first-order valence-electron chi connectivity index (χ1n) is 5.94. The topological polar surface area (TPSA) is 217 Å². The second-order valence-corrected chi connectivity index (χ2v) is 10.5. The summed E-state index contributed by atoms with van der Waals surface area (Å²) in [6.07, 6.45) is 0. The molecular formula is C10H8O12S4. The molecule has 0 heterocycles. The lowest BCUT2D eigenvalue weighted by Crippen LogP contribution is -2.09. The third-order valence-corrected chi connectivity index (χ3v) is 6.54. The SMILES string of the molecule is O=S(=O)(O)c1cc(S(=O)(=O)O)c2cc(S(=O)(=O)O)cc(S(=O)(=O)O)c2c1. The van der Waals surface area contributed by atoms with Crippen LogP contribution in [0.25, 0.3) is 10.8 Å². The summed E-state index contributed by atoms with van der Waals surface area (Å²) >= 11 is 0. The Hall–Kier alpha value is -1.66. The van der Waals surface area contributed by atoms with Crippen LogP contribution in [0.15, 0.2) is 43.8 Å². The number of hydrogen-bond donors (Lipinski definition) is 4. The van der Waals surface area contributed by atoms with E-state index >= 15 is 0 Å². The molecule has 0 aliphatic carbocycles. The van der Waals surface area contributed by atoms with Gasteiger partial charge >= 0.3 is 0 Å². The molecule has 0 saturated heterocycles. The lowest BCUT2D eigenvalue weighted by atomic mass is 10.1. The zero-order chi connectivity index (χ0) is 20.3. The molecule has 0 aliphatic rings. The van der Waals surface area contributed by atoms with E-state index < -0.39 is 70.8 Å². The van der Waals surface area contributed by atoms with Crippen molar-refractivity contribution in [3.63, 3.8) is 0 Å². The third-order valence-electron chi connectivity index (χ3n) is 3.09. The van der Waals surface area contributed by atoms with Crippen molar-refractivity contribution in [1.82, 2.24) is 0 Å². The molecule has 4 N–H and O–H groups in total. The molecule has 26 heavy (non-hydrogen) atoms. The monoisotopic (exact) mass is 448 g/mol. The number of rotatable bonds is 4. The highest BCUT2D eigenvalue weighted by atomic mass is 32.2. The minimum Gasteiger partial charge on any atom is -0.282 e. The first-order chi connectivity index (χ1) is 11.4. The minimum absolute atomic E-state index is 0.231. The van der Waals surface area contributed by atoms with Crippen LogP contribution in [0.1, 0.15) is 0 Å². The van der Waals surface area contributed by atoms with Crippen LogP contribution in [0.5, 0.6) is 0 Å². The fraction of sp³-hybridized carbons (Fsp3) is 0. The molecule has 2 aromatic rings. The van der Waals surface area contributed by atoms with Gasteiger partial charge in [-0.25, -0.2) is 0 Å². The molecule has 12 nitrogen and oxygen atoms in total.